The number of nitro benzene ring substituents is 2. The second kappa shape index (κ2) is 20.8. The number of aromatic nitrogens is 4. The van der Waals surface area contributed by atoms with Crippen molar-refractivity contribution in [2.24, 2.45) is 0 Å². The predicted octanol–water partition coefficient (Wildman–Crippen LogP) is 5.85. The predicted molar refractivity (Wildman–Crippen MR) is 219 cm³/mol. The van der Waals surface area contributed by atoms with E-state index in [1.54, 1.807) is 35.9 Å². The fraction of sp³-hybridized carbons (Fsp3) is 0.538. The smallest absolute Gasteiger partial charge is 0.412 e. The first kappa shape index (κ1) is 45.7. The Morgan fingerprint density at radius 3 is 2.11 bits per heavy atom. The van der Waals surface area contributed by atoms with Crippen LogP contribution in [0.2, 0.25) is 0 Å². The highest BCUT2D eigenvalue weighted by molar-refractivity contribution is 7.44. The van der Waals surface area contributed by atoms with Crippen molar-refractivity contribution in [3.63, 3.8) is 0 Å². The third kappa shape index (κ3) is 11.2. The van der Waals surface area contributed by atoms with Crippen LogP contribution in [0.4, 0.5) is 22.0 Å². The molecule has 2 aromatic carbocycles. The van der Waals surface area contributed by atoms with Crippen LogP contribution in [-0.2, 0) is 45.6 Å². The number of hydrogen-bond donors (Lipinski definition) is 2. The fourth-order valence-corrected chi connectivity index (χ4v) is 8.96. The number of amides is 1. The Labute approximate surface area is 352 Å². The second-order valence-corrected chi connectivity index (χ2v) is 16.3. The van der Waals surface area contributed by atoms with Gasteiger partial charge in [0.15, 0.2) is 29.0 Å². The highest BCUT2D eigenvalue weighted by atomic mass is 31.2. The summed E-state index contributed by atoms with van der Waals surface area (Å²) in [4.78, 5) is 47.4. The van der Waals surface area contributed by atoms with Crippen molar-refractivity contribution < 1.29 is 52.5 Å². The molecule has 2 fully saturated rings. The molecule has 2 aliphatic rings. The number of aliphatic hydroxyl groups excluding tert-OH is 1. The first-order valence-corrected chi connectivity index (χ1v) is 21.0. The first-order valence-electron chi connectivity index (χ1n) is 19.9. The fourth-order valence-electron chi connectivity index (χ4n) is 7.20. The first-order chi connectivity index (χ1) is 29.3. The molecular formula is C39H51N8O13P. The normalized spacial score (nSPS) is 20.7. The number of non-ortho nitro benzene ring substituents is 2. The van der Waals surface area contributed by atoms with E-state index >= 15 is 0 Å². The largest absolute Gasteiger partial charge is 0.449 e. The van der Waals surface area contributed by atoms with Crippen LogP contribution in [0.5, 0.6) is 0 Å². The van der Waals surface area contributed by atoms with Gasteiger partial charge in [0.2, 0.25) is 0 Å². The number of ether oxygens (including phenoxy) is 5. The van der Waals surface area contributed by atoms with Crippen molar-refractivity contribution >= 4 is 43.0 Å². The van der Waals surface area contributed by atoms with Gasteiger partial charge in [-0.3, -0.25) is 30.1 Å². The standard InChI is InChI=1S/C39H51N8O13P/c1-25(2)45(26(3)4)61(57-19-15-28-8-12-30(13-9-28)47(52)53)60-33-31(22-48)58-37(34(33)59-39(54-5)16-20-55-21-17-39)44-24-42-32-35(40-23-41-36(32)44)43-38(49)56-18-14-27-6-10-29(11-7-27)46(50)51/h6-13,23-26,31,33-34,37,48H,14-22H2,1-5H3,(H,40,41,43,49)/t31-,33-,34-,37-,61?/m1/s1. The van der Waals surface area contributed by atoms with Crippen molar-refractivity contribution in [1.82, 2.24) is 24.2 Å². The van der Waals surface area contributed by atoms with E-state index in [1.165, 1.54) is 36.9 Å². The maximum Gasteiger partial charge on any atom is 0.412 e. The minimum absolute atomic E-state index is 0.00262. The molecule has 0 radical (unpaired) electrons. The van der Waals surface area contributed by atoms with Crippen LogP contribution in [0.25, 0.3) is 11.2 Å². The van der Waals surface area contributed by atoms with E-state index in [4.69, 9.17) is 32.7 Å². The topological polar surface area (TPSA) is 247 Å². The molecule has 4 heterocycles. The van der Waals surface area contributed by atoms with E-state index in [9.17, 15) is 30.1 Å². The van der Waals surface area contributed by atoms with Crippen molar-refractivity contribution in [3.05, 3.63) is 92.5 Å². The Morgan fingerprint density at radius 1 is 0.951 bits per heavy atom. The summed E-state index contributed by atoms with van der Waals surface area (Å²) in [6.07, 6.45) is -0.245. The molecule has 0 saturated carbocycles. The number of aliphatic hydroxyl groups is 1. The number of fused-ring (bicyclic) bond motifs is 1. The van der Waals surface area contributed by atoms with Crippen LogP contribution < -0.4 is 5.32 Å². The number of hydrogen-bond acceptors (Lipinski definition) is 17. The van der Waals surface area contributed by atoms with E-state index in [1.807, 2.05) is 27.7 Å². The maximum absolute atomic E-state index is 12.9. The van der Waals surface area contributed by atoms with Crippen molar-refractivity contribution in [2.45, 2.75) is 95.8 Å². The summed E-state index contributed by atoms with van der Waals surface area (Å²) in [5, 5.41) is 35.6. The summed E-state index contributed by atoms with van der Waals surface area (Å²) in [7, 11) is -0.270. The summed E-state index contributed by atoms with van der Waals surface area (Å²) in [5.41, 5.74) is 2.05. The Balaban J connectivity index is 1.25. The Hall–Kier alpha value is -4.83. The molecule has 22 heteroatoms. The summed E-state index contributed by atoms with van der Waals surface area (Å²) < 4.78 is 47.8. The third-order valence-corrected chi connectivity index (χ3v) is 12.4. The second-order valence-electron chi connectivity index (χ2n) is 14.9. The minimum Gasteiger partial charge on any atom is -0.449 e. The van der Waals surface area contributed by atoms with Gasteiger partial charge >= 0.3 is 6.09 Å². The lowest BCUT2D eigenvalue weighted by molar-refractivity contribution is -0.385. The average Bonchev–Trinajstić information content (AvgIpc) is 3.82. The van der Waals surface area contributed by atoms with Crippen LogP contribution in [0, 0.1) is 20.2 Å². The number of carbonyl (C=O) groups is 1. The Morgan fingerprint density at radius 2 is 1.56 bits per heavy atom. The monoisotopic (exact) mass is 870 g/mol. The van der Waals surface area contributed by atoms with Gasteiger partial charge < -0.3 is 37.8 Å². The number of carbonyl (C=O) groups excluding carboxylic acids is 1. The number of nitrogens with one attached hydrogen (secondary N) is 1. The summed E-state index contributed by atoms with van der Waals surface area (Å²) in [6, 6.07) is 12.2. The number of benzene rings is 2. The molecule has 6 rings (SSSR count). The van der Waals surface area contributed by atoms with Gasteiger partial charge in [-0.1, -0.05) is 24.3 Å². The van der Waals surface area contributed by atoms with Gasteiger partial charge in [-0.2, -0.15) is 0 Å². The van der Waals surface area contributed by atoms with Gasteiger partial charge in [0.1, 0.15) is 24.6 Å². The molecule has 2 aliphatic heterocycles. The molecule has 21 nitrogen and oxygen atoms in total. The van der Waals surface area contributed by atoms with Gasteiger partial charge in [0.05, 0.1) is 49.2 Å². The minimum atomic E-state index is -1.83. The lowest BCUT2D eigenvalue weighted by Crippen LogP contribution is -2.49. The Kier molecular flexibility index (Phi) is 15.6. The molecule has 4 aromatic rings. The van der Waals surface area contributed by atoms with Crippen LogP contribution in [0.15, 0.2) is 61.2 Å². The Bertz CT molecular complexity index is 2080. The van der Waals surface area contributed by atoms with Crippen molar-refractivity contribution in [1.29, 1.82) is 0 Å². The van der Waals surface area contributed by atoms with E-state index in [0.29, 0.717) is 38.9 Å². The average molecular weight is 871 g/mol. The molecule has 0 bridgehead atoms. The molecule has 330 valence electrons. The molecule has 1 unspecified atom stereocenters. The molecular weight excluding hydrogens is 819 g/mol. The summed E-state index contributed by atoms with van der Waals surface area (Å²) >= 11 is 0. The van der Waals surface area contributed by atoms with E-state index in [2.05, 4.69) is 24.9 Å². The summed E-state index contributed by atoms with van der Waals surface area (Å²) in [6.45, 7) is 8.66. The number of rotatable bonds is 20. The van der Waals surface area contributed by atoms with Gasteiger partial charge in [0.25, 0.3) is 19.9 Å². The third-order valence-electron chi connectivity index (χ3n) is 10.3. The highest BCUT2D eigenvalue weighted by Gasteiger charge is 2.53. The molecule has 0 aliphatic carbocycles. The molecule has 2 aromatic heterocycles. The van der Waals surface area contributed by atoms with E-state index in [-0.39, 0.29) is 53.7 Å². The molecule has 0 spiro atoms. The molecule has 5 atom stereocenters. The zero-order valence-corrected chi connectivity index (χ0v) is 35.4. The van der Waals surface area contributed by atoms with Crippen LogP contribution in [0.1, 0.15) is 57.9 Å². The maximum atomic E-state index is 12.9. The molecule has 2 N–H and O–H groups in total. The van der Waals surface area contributed by atoms with Crippen LogP contribution in [-0.4, -0.2) is 122 Å². The van der Waals surface area contributed by atoms with Gasteiger partial charge in [-0.05, 0) is 45.2 Å². The number of methoxy groups -OCH3 is 1. The zero-order valence-electron chi connectivity index (χ0n) is 34.5. The van der Waals surface area contributed by atoms with E-state index in [0.717, 1.165) is 11.1 Å². The number of imidazole rings is 1. The van der Waals surface area contributed by atoms with Crippen LogP contribution in [0.3, 0.4) is 0 Å². The molecule has 2 saturated heterocycles. The number of anilines is 1. The highest BCUT2D eigenvalue weighted by Crippen LogP contribution is 2.51. The van der Waals surface area contributed by atoms with Gasteiger partial charge in [0, 0.05) is 62.7 Å². The van der Waals surface area contributed by atoms with Crippen molar-refractivity contribution in [2.75, 3.05) is 45.5 Å². The molecule has 61 heavy (non-hydrogen) atoms. The van der Waals surface area contributed by atoms with Crippen molar-refractivity contribution in [3.8, 4) is 0 Å². The number of nitrogens with zero attached hydrogens (tertiary/aromatic N) is 7. The lowest BCUT2D eigenvalue weighted by atomic mass is 10.1. The SMILES string of the molecule is COC1(O[C@@H]2[C@H](OP(OCCc3ccc([N+](=O)[O-])cc3)N(C(C)C)C(C)C)[C@@H](CO)O[C@H]2n2cnc3c(NC(=O)OCCc4ccc([N+](=O)[O-])cc4)ncnc32)CCOCC1. The van der Waals surface area contributed by atoms with Crippen LogP contribution >= 0.6 is 8.53 Å². The quantitative estimate of drug-likeness (QED) is 0.0457. The van der Waals surface area contributed by atoms with E-state index < -0.39 is 61.4 Å². The lowest BCUT2D eigenvalue weighted by Gasteiger charge is -2.41. The van der Waals surface area contributed by atoms with Gasteiger partial charge in [-0.25, -0.2) is 24.4 Å². The summed E-state index contributed by atoms with van der Waals surface area (Å²) in [5.74, 6) is -1.03. The number of nitro groups is 2. The van der Waals surface area contributed by atoms with Gasteiger partial charge in [-0.15, -0.1) is 0 Å². The zero-order chi connectivity index (χ0) is 43.7. The molecule has 1 amide bonds.